The Morgan fingerprint density at radius 1 is 1.46 bits per heavy atom. The normalized spacial score (nSPS) is 17.0. The third-order valence-electron chi connectivity index (χ3n) is 4.26. The minimum absolute atomic E-state index is 0.198. The maximum atomic E-state index is 12.1. The van der Waals surface area contributed by atoms with Gasteiger partial charge in [0.05, 0.1) is 16.0 Å². The predicted octanol–water partition coefficient (Wildman–Crippen LogP) is 2.78. The van der Waals surface area contributed by atoms with E-state index in [1.165, 1.54) is 0 Å². The fraction of sp³-hybridized carbons (Fsp3) is 0.500. The average Bonchev–Trinajstić information content (AvgIpc) is 3.06. The molecule has 6 nitrogen and oxygen atoms in total. The molecular formula is C16H20N4O2S2. The molecule has 2 aromatic heterocycles. The molecule has 3 rings (SSSR count). The summed E-state index contributed by atoms with van der Waals surface area (Å²) in [5.74, 6) is 1.01. The zero-order valence-corrected chi connectivity index (χ0v) is 15.2. The van der Waals surface area contributed by atoms with Gasteiger partial charge in [-0.3, -0.25) is 0 Å². The van der Waals surface area contributed by atoms with Gasteiger partial charge in [0.15, 0.2) is 0 Å². The molecule has 1 N–H and O–H groups in total. The molecule has 0 unspecified atom stereocenters. The van der Waals surface area contributed by atoms with Gasteiger partial charge in [0.1, 0.15) is 11.9 Å². The van der Waals surface area contributed by atoms with Crippen LogP contribution in [0.2, 0.25) is 0 Å². The summed E-state index contributed by atoms with van der Waals surface area (Å²) < 4.78 is 26.8. The molecule has 0 bridgehead atoms. The van der Waals surface area contributed by atoms with Gasteiger partial charge in [-0.25, -0.2) is 17.7 Å². The highest BCUT2D eigenvalue weighted by Crippen LogP contribution is 2.30. The summed E-state index contributed by atoms with van der Waals surface area (Å²) in [6.07, 6.45) is 3.76. The first-order chi connectivity index (χ1) is 11.5. The number of rotatable bonds is 5. The maximum Gasteiger partial charge on any atom is 0.214 e. The fourth-order valence-electron chi connectivity index (χ4n) is 3.01. The van der Waals surface area contributed by atoms with Gasteiger partial charge in [0.2, 0.25) is 10.0 Å². The SMILES string of the molecule is CCCS(=O)(=O)N1CCC(Nc2ncc(C#N)c3ccsc23)CC1. The fourth-order valence-corrected chi connectivity index (χ4v) is 5.42. The third kappa shape index (κ3) is 3.38. The van der Waals surface area contributed by atoms with E-state index >= 15 is 0 Å². The van der Waals surface area contributed by atoms with Gasteiger partial charge in [-0.2, -0.15) is 5.26 Å². The topological polar surface area (TPSA) is 86.1 Å². The van der Waals surface area contributed by atoms with E-state index in [2.05, 4.69) is 16.4 Å². The molecule has 1 aliphatic heterocycles. The van der Waals surface area contributed by atoms with Crippen molar-refractivity contribution in [2.75, 3.05) is 24.2 Å². The van der Waals surface area contributed by atoms with Crippen molar-refractivity contribution in [1.82, 2.24) is 9.29 Å². The second-order valence-corrected chi connectivity index (χ2v) is 8.93. The van der Waals surface area contributed by atoms with Gasteiger partial charge in [-0.05, 0) is 30.7 Å². The van der Waals surface area contributed by atoms with Crippen LogP contribution in [0.4, 0.5) is 5.82 Å². The maximum absolute atomic E-state index is 12.1. The number of hydrogen-bond donors (Lipinski definition) is 1. The summed E-state index contributed by atoms with van der Waals surface area (Å²) >= 11 is 1.56. The molecule has 0 saturated carbocycles. The van der Waals surface area contributed by atoms with Crippen LogP contribution in [0.3, 0.4) is 0 Å². The summed E-state index contributed by atoms with van der Waals surface area (Å²) in [5, 5.41) is 15.5. The Kier molecular flexibility index (Phi) is 5.04. The van der Waals surface area contributed by atoms with Crippen LogP contribution in [-0.2, 0) is 10.0 Å². The van der Waals surface area contributed by atoms with E-state index in [9.17, 15) is 8.42 Å². The number of nitriles is 1. The first-order valence-electron chi connectivity index (χ1n) is 8.06. The van der Waals surface area contributed by atoms with Crippen molar-refractivity contribution in [3.8, 4) is 6.07 Å². The number of aromatic nitrogens is 1. The summed E-state index contributed by atoms with van der Waals surface area (Å²) in [6.45, 7) is 2.97. The van der Waals surface area contributed by atoms with E-state index in [1.54, 1.807) is 21.8 Å². The van der Waals surface area contributed by atoms with Crippen LogP contribution in [0.5, 0.6) is 0 Å². The monoisotopic (exact) mass is 364 g/mol. The number of nitrogens with zero attached hydrogens (tertiary/aromatic N) is 3. The number of nitrogens with one attached hydrogen (secondary N) is 1. The quantitative estimate of drug-likeness (QED) is 0.881. The zero-order chi connectivity index (χ0) is 17.2. The molecule has 8 heteroatoms. The van der Waals surface area contributed by atoms with Crippen LogP contribution in [0, 0.1) is 11.3 Å². The average molecular weight is 364 g/mol. The highest BCUT2D eigenvalue weighted by molar-refractivity contribution is 7.89. The van der Waals surface area contributed by atoms with Crippen molar-refractivity contribution in [2.24, 2.45) is 0 Å². The van der Waals surface area contributed by atoms with E-state index < -0.39 is 10.0 Å². The van der Waals surface area contributed by atoms with Crippen LogP contribution in [0.15, 0.2) is 17.6 Å². The first-order valence-corrected chi connectivity index (χ1v) is 10.5. The van der Waals surface area contributed by atoms with E-state index in [1.807, 2.05) is 18.4 Å². The minimum Gasteiger partial charge on any atom is -0.366 e. The van der Waals surface area contributed by atoms with Crippen molar-refractivity contribution < 1.29 is 8.42 Å². The molecule has 128 valence electrons. The van der Waals surface area contributed by atoms with Crippen LogP contribution < -0.4 is 5.32 Å². The van der Waals surface area contributed by atoms with E-state index in [4.69, 9.17) is 5.26 Å². The largest absolute Gasteiger partial charge is 0.366 e. The van der Waals surface area contributed by atoms with Crippen molar-refractivity contribution in [3.63, 3.8) is 0 Å². The number of anilines is 1. The summed E-state index contributed by atoms with van der Waals surface area (Å²) in [5.41, 5.74) is 0.581. The van der Waals surface area contributed by atoms with E-state index in [0.29, 0.717) is 25.1 Å². The number of fused-ring (bicyclic) bond motifs is 1. The Balaban J connectivity index is 1.69. The standard InChI is InChI=1S/C16H20N4O2S2/c1-2-9-24(21,22)20-6-3-13(4-7-20)19-16-15-14(5-8-23-15)12(10-17)11-18-16/h5,8,11,13H,2-4,6-7,9H2,1H3,(H,18,19). The van der Waals surface area contributed by atoms with Crippen LogP contribution in [0.1, 0.15) is 31.7 Å². The molecule has 0 aliphatic carbocycles. The van der Waals surface area contributed by atoms with Crippen LogP contribution >= 0.6 is 11.3 Å². The van der Waals surface area contributed by atoms with Crippen molar-refractivity contribution >= 4 is 37.3 Å². The molecule has 2 aromatic rings. The Bertz CT molecular complexity index is 862. The molecular weight excluding hydrogens is 344 g/mol. The zero-order valence-electron chi connectivity index (χ0n) is 13.5. The lowest BCUT2D eigenvalue weighted by molar-refractivity contribution is 0.329. The Morgan fingerprint density at radius 3 is 2.88 bits per heavy atom. The second-order valence-electron chi connectivity index (χ2n) is 5.93. The third-order valence-corrected chi connectivity index (χ3v) is 7.26. The van der Waals surface area contributed by atoms with Crippen LogP contribution in [0.25, 0.3) is 10.1 Å². The molecule has 3 heterocycles. The van der Waals surface area contributed by atoms with Gasteiger partial charge in [0, 0.05) is 30.7 Å². The van der Waals surface area contributed by atoms with Gasteiger partial charge < -0.3 is 5.32 Å². The van der Waals surface area contributed by atoms with Crippen molar-refractivity contribution in [2.45, 2.75) is 32.2 Å². The highest BCUT2D eigenvalue weighted by atomic mass is 32.2. The molecule has 0 atom stereocenters. The number of thiophene rings is 1. The lowest BCUT2D eigenvalue weighted by Gasteiger charge is -2.31. The first kappa shape index (κ1) is 17.1. The Hall–Kier alpha value is -1.69. The van der Waals surface area contributed by atoms with Crippen LogP contribution in [-0.4, -0.2) is 42.6 Å². The van der Waals surface area contributed by atoms with E-state index in [-0.39, 0.29) is 11.8 Å². The number of piperidine rings is 1. The van der Waals surface area contributed by atoms with Crippen molar-refractivity contribution in [3.05, 3.63) is 23.2 Å². The predicted molar refractivity (Wildman–Crippen MR) is 96.6 cm³/mol. The smallest absolute Gasteiger partial charge is 0.214 e. The van der Waals surface area contributed by atoms with Gasteiger partial charge >= 0.3 is 0 Å². The summed E-state index contributed by atoms with van der Waals surface area (Å²) in [4.78, 5) is 4.39. The molecule has 0 radical (unpaired) electrons. The van der Waals surface area contributed by atoms with Gasteiger partial charge in [0.25, 0.3) is 0 Å². The highest BCUT2D eigenvalue weighted by Gasteiger charge is 2.27. The second kappa shape index (κ2) is 7.05. The van der Waals surface area contributed by atoms with Gasteiger partial charge in [-0.1, -0.05) is 6.92 Å². The lowest BCUT2D eigenvalue weighted by Crippen LogP contribution is -2.43. The van der Waals surface area contributed by atoms with E-state index in [0.717, 1.165) is 28.7 Å². The molecule has 1 aliphatic rings. The minimum atomic E-state index is -3.11. The van der Waals surface area contributed by atoms with Crippen molar-refractivity contribution in [1.29, 1.82) is 5.26 Å². The molecule has 1 fully saturated rings. The molecule has 24 heavy (non-hydrogen) atoms. The summed E-state index contributed by atoms with van der Waals surface area (Å²) in [6, 6.07) is 4.30. The molecule has 0 amide bonds. The molecule has 1 saturated heterocycles. The number of pyridine rings is 1. The lowest BCUT2D eigenvalue weighted by atomic mass is 10.1. The summed E-state index contributed by atoms with van der Waals surface area (Å²) in [7, 11) is -3.11. The number of sulfonamides is 1. The molecule has 0 spiro atoms. The Labute approximate surface area is 146 Å². The molecule has 0 aromatic carbocycles. The van der Waals surface area contributed by atoms with Gasteiger partial charge in [-0.15, -0.1) is 11.3 Å². The Morgan fingerprint density at radius 2 is 2.21 bits per heavy atom. The number of hydrogen-bond acceptors (Lipinski definition) is 6.